The van der Waals surface area contributed by atoms with E-state index >= 15 is 28.8 Å². The van der Waals surface area contributed by atoms with Crippen LogP contribution in [0.15, 0.2) is 0 Å². The van der Waals surface area contributed by atoms with E-state index in [1.165, 1.54) is 0 Å². The van der Waals surface area contributed by atoms with E-state index in [1.54, 1.807) is 0 Å². The quantitative estimate of drug-likeness (QED) is 0.0401. The first-order valence-electron chi connectivity index (χ1n) is 41.7. The normalized spacial score (nSPS) is 11.0. The Balaban J connectivity index is 5.61. The fourth-order valence-corrected chi connectivity index (χ4v) is 18.0. The Morgan fingerprint density at radius 2 is 0.246 bits per heavy atom. The Bertz CT molecular complexity index is 3630. The molecule has 1 aromatic carbocycles. The first-order valence-corrected chi connectivity index (χ1v) is 48.7. The zero-order valence-electron chi connectivity index (χ0n) is 77.6. The van der Waals surface area contributed by atoms with E-state index in [4.69, 9.17) is 201 Å². The van der Waals surface area contributed by atoms with Crippen LogP contribution in [0.4, 0.5) is 0 Å². The van der Waals surface area contributed by atoms with Crippen LogP contribution in [0.25, 0.3) is 0 Å². The fraction of sp³-hybridized carbons (Fsp3) is 0.529. The monoisotopic (exact) mass is 2000 g/mol. The summed E-state index contributed by atoms with van der Waals surface area (Å²) in [7, 11) is 0. The van der Waals surface area contributed by atoms with Crippen LogP contribution >= 0.6 is 70.6 Å². The third-order valence-corrected chi connectivity index (χ3v) is 23.4. The van der Waals surface area contributed by atoms with Gasteiger partial charge >= 0.3 is 0 Å². The van der Waals surface area contributed by atoms with Crippen LogP contribution < -0.4 is 31.9 Å². The van der Waals surface area contributed by atoms with Crippen molar-refractivity contribution in [2.45, 2.75) is 67.8 Å². The van der Waals surface area contributed by atoms with E-state index < -0.39 is 68.7 Å². The predicted octanol–water partition coefficient (Wildman–Crippen LogP) is 1.91. The number of benzene rings is 1. The van der Waals surface area contributed by atoms with Gasteiger partial charge in [0.05, 0.1) is 153 Å². The summed E-state index contributed by atoms with van der Waals surface area (Å²) in [5.41, 5.74) is -5.71. The molecule has 738 valence electrons. The zero-order valence-corrected chi connectivity index (χ0v) is 82.5. The molecule has 0 saturated carbocycles. The number of hydrogen-bond acceptors (Lipinski definition) is 30. The number of carbonyl (C=O) groups is 6. The van der Waals surface area contributed by atoms with Crippen molar-refractivity contribution >= 4 is 106 Å². The van der Waals surface area contributed by atoms with Gasteiger partial charge in [-0.1, -0.05) is 107 Å². The molecule has 138 heavy (non-hydrogen) atoms. The van der Waals surface area contributed by atoms with E-state index in [0.717, 1.165) is 70.6 Å². The minimum Gasteiger partial charge on any atom is -0.366 e. The van der Waals surface area contributed by atoms with Gasteiger partial charge in [-0.15, -0.1) is 186 Å². The van der Waals surface area contributed by atoms with Gasteiger partial charge in [-0.3, -0.25) is 28.8 Å². The highest BCUT2D eigenvalue weighted by Gasteiger charge is 2.41. The third-order valence-electron chi connectivity index (χ3n) is 17.6. The topological polar surface area (TPSA) is 341 Å². The van der Waals surface area contributed by atoms with Crippen LogP contribution in [0.3, 0.4) is 0 Å². The van der Waals surface area contributed by atoms with Crippen LogP contribution in [0, 0.1) is 222 Å². The molecular weight excluding hydrogens is 1890 g/mol. The second-order valence-corrected chi connectivity index (χ2v) is 35.3. The third kappa shape index (κ3) is 55.3. The SMILES string of the molecule is C#CCOCC(COCC#C)(COCC#C)NC(=O)CSCc1c(CSCC(=O)NC(COCC#C)(COCC#C)COCC#C)c(CSCC(=O)NC(COCC#C)(COCC#C)COCC#C)c(CSCC(=O)NC(COCC#C)(COCC#C)COCC#C)c(CSCC(=O)NC(COCC#C)(COCC#C)COCC#C)c1CSCC(=O)NC(COCC#C)(COCC#C)COCC#C. The standard InChI is InChI=1S/C102H120N6O24S6/c1-19-37-115-67-97(68-116-38-20-2,69-117-39-21-3)103-91(109)61-133-55-85-86(56-134-62-92(110)104-98(70-118-40-22-4,71-119-41-23-5)72-120-42-24-6)88(58-136-64-94(112)106-100(76-124-46-28-10,77-125-47-29-11)78-126-48-30-12)90(60-138-66-96(114)108-102(82-130-52-34-16,83-131-53-35-17)84-132-54-36-18)89(59-137-65-95(113)107-101(79-127-49-31-13,80-128-50-32-14)81-129-51-33-15)87(85)57-135-63-93(111)105-99(73-121-43-25-7,74-122-44-26-8)75-123-45-27-9/h1-18H,37-84H2,(H,103,109)(H,104,110)(H,105,111)(H,106,112)(H,107,113)(H,108,114). The summed E-state index contributed by atoms with van der Waals surface area (Å²) in [6, 6.07) is 0. The van der Waals surface area contributed by atoms with Crippen LogP contribution in [-0.4, -0.2) is 341 Å². The number of nitrogens with one attached hydrogen (secondary N) is 6. The van der Waals surface area contributed by atoms with E-state index in [9.17, 15) is 0 Å². The smallest absolute Gasteiger partial charge is 0.230 e. The predicted molar refractivity (Wildman–Crippen MR) is 542 cm³/mol. The molecule has 1 rings (SSSR count). The highest BCUT2D eigenvalue weighted by Crippen LogP contribution is 2.41. The summed E-state index contributed by atoms with van der Waals surface area (Å²) in [6.45, 7) is -7.96. The molecule has 0 spiro atoms. The van der Waals surface area contributed by atoms with Gasteiger partial charge in [0.2, 0.25) is 35.4 Å². The van der Waals surface area contributed by atoms with Gasteiger partial charge in [0, 0.05) is 34.5 Å². The van der Waals surface area contributed by atoms with Crippen LogP contribution in [0.5, 0.6) is 0 Å². The number of terminal acetylenes is 18. The molecule has 0 aliphatic carbocycles. The summed E-state index contributed by atoms with van der Waals surface area (Å²) < 4.78 is 106. The Kier molecular flexibility index (Phi) is 73.0. The second kappa shape index (κ2) is 80.3. The Labute approximate surface area is 842 Å². The van der Waals surface area contributed by atoms with Crippen LogP contribution in [0.1, 0.15) is 33.4 Å². The molecular formula is C102H120N6O24S6. The summed E-state index contributed by atoms with van der Waals surface area (Å²) in [6.07, 6.45) is 102. The average molecular weight is 2010 g/mol. The van der Waals surface area contributed by atoms with Crippen molar-refractivity contribution in [2.75, 3.05) is 272 Å². The number of ether oxygens (including phenoxy) is 18. The summed E-state index contributed by atoms with van der Waals surface area (Å²) in [5, 5.41) is 18.3. The Morgan fingerprint density at radius 3 is 0.319 bits per heavy atom. The molecule has 0 saturated heterocycles. The van der Waals surface area contributed by atoms with Gasteiger partial charge in [-0.05, 0) is 33.4 Å². The average Bonchev–Trinajstić information content (AvgIpc) is 0.762. The van der Waals surface area contributed by atoms with Crippen molar-refractivity contribution in [1.82, 2.24) is 31.9 Å². The number of rotatable bonds is 84. The largest absolute Gasteiger partial charge is 0.366 e. The maximum absolute atomic E-state index is 15.1. The molecule has 0 unspecified atom stereocenters. The van der Waals surface area contributed by atoms with Crippen LogP contribution in [-0.2, 0) is 149 Å². The molecule has 6 N–H and O–H groups in total. The second-order valence-electron chi connectivity index (χ2n) is 29.3. The molecule has 0 aliphatic heterocycles. The van der Waals surface area contributed by atoms with Gasteiger partial charge in [0.15, 0.2) is 0 Å². The number of carbonyl (C=O) groups excluding carboxylic acids is 6. The molecule has 0 heterocycles. The van der Waals surface area contributed by atoms with Crippen molar-refractivity contribution < 1.29 is 114 Å². The van der Waals surface area contributed by atoms with Crippen molar-refractivity contribution in [1.29, 1.82) is 0 Å². The molecule has 0 fully saturated rings. The minimum atomic E-state index is -1.47. The van der Waals surface area contributed by atoms with E-state index in [-0.39, 0.29) is 307 Å². The molecule has 0 aliphatic rings. The molecule has 36 heteroatoms. The molecule has 0 radical (unpaired) electrons. The van der Waals surface area contributed by atoms with E-state index in [1.807, 2.05) is 0 Å². The fourth-order valence-electron chi connectivity index (χ4n) is 12.5. The molecule has 0 bridgehead atoms. The van der Waals surface area contributed by atoms with Crippen molar-refractivity contribution in [3.8, 4) is 222 Å². The van der Waals surface area contributed by atoms with Crippen molar-refractivity contribution in [2.24, 2.45) is 0 Å². The lowest BCUT2D eigenvalue weighted by Gasteiger charge is -2.34. The highest BCUT2D eigenvalue weighted by atomic mass is 32.2. The zero-order chi connectivity index (χ0) is 102. The minimum absolute atomic E-state index is 0.0901. The van der Waals surface area contributed by atoms with Crippen molar-refractivity contribution in [3.63, 3.8) is 0 Å². The molecule has 6 amide bonds. The first kappa shape index (κ1) is 126. The van der Waals surface area contributed by atoms with Gasteiger partial charge in [0.25, 0.3) is 0 Å². The number of thioether (sulfide) groups is 6. The summed E-state index contributed by atoms with van der Waals surface area (Å²) in [5.74, 6) is 37.5. The summed E-state index contributed by atoms with van der Waals surface area (Å²) >= 11 is 6.75. The van der Waals surface area contributed by atoms with E-state index in [0.29, 0.717) is 33.4 Å². The molecule has 30 nitrogen and oxygen atoms in total. The molecule has 0 atom stereocenters. The lowest BCUT2D eigenvalue weighted by molar-refractivity contribution is -0.125. The lowest BCUT2D eigenvalue weighted by Crippen LogP contribution is -2.59. The summed E-state index contributed by atoms with van der Waals surface area (Å²) in [4.78, 5) is 90.9. The maximum atomic E-state index is 15.1. The highest BCUT2D eigenvalue weighted by molar-refractivity contribution is 8.00. The van der Waals surface area contributed by atoms with E-state index in [2.05, 4.69) is 138 Å². The van der Waals surface area contributed by atoms with Gasteiger partial charge in [-0.2, -0.15) is 0 Å². The molecule has 0 aromatic heterocycles. The Hall–Kier alpha value is -10.5. The lowest BCUT2D eigenvalue weighted by atomic mass is 9.90. The first-order chi connectivity index (χ1) is 67.0. The van der Waals surface area contributed by atoms with Crippen LogP contribution in [0.2, 0.25) is 0 Å². The number of amides is 6. The van der Waals surface area contributed by atoms with Crippen molar-refractivity contribution in [3.05, 3.63) is 33.4 Å². The van der Waals surface area contributed by atoms with Gasteiger partial charge in [-0.25, -0.2) is 0 Å². The Morgan fingerprint density at radius 1 is 0.167 bits per heavy atom. The van der Waals surface area contributed by atoms with Gasteiger partial charge in [0.1, 0.15) is 152 Å². The number of hydrogen-bond donors (Lipinski definition) is 6. The van der Waals surface area contributed by atoms with Gasteiger partial charge < -0.3 is 117 Å². The maximum Gasteiger partial charge on any atom is 0.230 e. The molecule has 1 aromatic rings.